The number of nitrogens with zero attached hydrogens (tertiary/aromatic N) is 2. The molecular formula is C9H10BrN3. The van der Waals surface area contributed by atoms with Gasteiger partial charge < -0.3 is 9.72 Å². The summed E-state index contributed by atoms with van der Waals surface area (Å²) < 4.78 is 2.90. The third kappa shape index (κ3) is 1.59. The Labute approximate surface area is 84.9 Å². The van der Waals surface area contributed by atoms with E-state index in [4.69, 9.17) is 0 Å². The fourth-order valence-electron chi connectivity index (χ4n) is 1.32. The van der Waals surface area contributed by atoms with E-state index in [-0.39, 0.29) is 0 Å². The Morgan fingerprint density at radius 2 is 2.38 bits per heavy atom. The van der Waals surface area contributed by atoms with Gasteiger partial charge in [-0.25, -0.2) is 4.98 Å². The van der Waals surface area contributed by atoms with Crippen molar-refractivity contribution in [2.45, 2.75) is 6.54 Å². The highest BCUT2D eigenvalue weighted by molar-refractivity contribution is 9.10. The molecule has 0 aliphatic heterocycles. The van der Waals surface area contributed by atoms with Crippen molar-refractivity contribution in [1.29, 1.82) is 0 Å². The SMILES string of the molecule is CNCc1ccc2c(Br)ncn2c1. The number of fused-ring (bicyclic) bond motifs is 1. The Hall–Kier alpha value is -0.870. The second kappa shape index (κ2) is 3.47. The number of aromatic nitrogens is 2. The number of imidazole rings is 1. The first kappa shape index (κ1) is 8.72. The van der Waals surface area contributed by atoms with Crippen LogP contribution >= 0.6 is 15.9 Å². The summed E-state index contributed by atoms with van der Waals surface area (Å²) in [5.74, 6) is 0. The summed E-state index contributed by atoms with van der Waals surface area (Å²) in [4.78, 5) is 4.16. The molecule has 0 saturated carbocycles. The molecule has 0 radical (unpaired) electrons. The second-order valence-electron chi connectivity index (χ2n) is 2.90. The number of pyridine rings is 1. The number of rotatable bonds is 2. The first-order valence-corrected chi connectivity index (χ1v) is 4.86. The zero-order valence-electron chi connectivity index (χ0n) is 7.29. The van der Waals surface area contributed by atoms with E-state index in [0.29, 0.717) is 0 Å². The van der Waals surface area contributed by atoms with Crippen molar-refractivity contribution in [2.24, 2.45) is 0 Å². The maximum Gasteiger partial charge on any atom is 0.131 e. The highest BCUT2D eigenvalue weighted by atomic mass is 79.9. The van der Waals surface area contributed by atoms with Gasteiger partial charge in [-0.1, -0.05) is 6.07 Å². The third-order valence-electron chi connectivity index (χ3n) is 1.93. The third-order valence-corrected chi connectivity index (χ3v) is 2.54. The molecule has 1 N–H and O–H groups in total. The van der Waals surface area contributed by atoms with Crippen molar-refractivity contribution >= 4 is 21.4 Å². The summed E-state index contributed by atoms with van der Waals surface area (Å²) in [7, 11) is 1.94. The molecule has 2 rings (SSSR count). The molecule has 0 amide bonds. The quantitative estimate of drug-likeness (QED) is 0.867. The lowest BCUT2D eigenvalue weighted by atomic mass is 10.3. The van der Waals surface area contributed by atoms with Crippen LogP contribution in [0.25, 0.3) is 5.52 Å². The van der Waals surface area contributed by atoms with Crippen LogP contribution in [0.4, 0.5) is 0 Å². The molecule has 0 aliphatic rings. The van der Waals surface area contributed by atoms with E-state index in [1.165, 1.54) is 5.56 Å². The first-order chi connectivity index (χ1) is 6.31. The molecule has 0 saturated heterocycles. The van der Waals surface area contributed by atoms with Crippen molar-refractivity contribution in [1.82, 2.24) is 14.7 Å². The number of halogens is 1. The van der Waals surface area contributed by atoms with Crippen LogP contribution in [0.1, 0.15) is 5.56 Å². The fraction of sp³-hybridized carbons (Fsp3) is 0.222. The van der Waals surface area contributed by atoms with Gasteiger partial charge in [0.15, 0.2) is 0 Å². The van der Waals surface area contributed by atoms with Crippen molar-refractivity contribution in [3.8, 4) is 0 Å². The summed E-state index contributed by atoms with van der Waals surface area (Å²) >= 11 is 3.38. The van der Waals surface area contributed by atoms with Crippen LogP contribution in [-0.2, 0) is 6.54 Å². The molecule has 2 aromatic rings. The van der Waals surface area contributed by atoms with Gasteiger partial charge in [0, 0.05) is 12.7 Å². The van der Waals surface area contributed by atoms with Gasteiger partial charge >= 0.3 is 0 Å². The number of nitrogens with one attached hydrogen (secondary N) is 1. The van der Waals surface area contributed by atoms with Crippen molar-refractivity contribution < 1.29 is 0 Å². The van der Waals surface area contributed by atoms with E-state index in [1.54, 1.807) is 6.33 Å². The molecule has 3 nitrogen and oxygen atoms in total. The molecule has 0 aliphatic carbocycles. The van der Waals surface area contributed by atoms with Crippen LogP contribution in [0.2, 0.25) is 0 Å². The van der Waals surface area contributed by atoms with Crippen LogP contribution in [0, 0.1) is 0 Å². The lowest BCUT2D eigenvalue weighted by Gasteiger charge is -2.00. The number of hydrogen-bond acceptors (Lipinski definition) is 2. The first-order valence-electron chi connectivity index (χ1n) is 4.07. The molecule has 0 atom stereocenters. The molecule has 0 unspecified atom stereocenters. The Balaban J connectivity index is 2.50. The second-order valence-corrected chi connectivity index (χ2v) is 3.65. The van der Waals surface area contributed by atoms with Crippen molar-refractivity contribution in [2.75, 3.05) is 7.05 Å². The Morgan fingerprint density at radius 3 is 3.15 bits per heavy atom. The minimum absolute atomic E-state index is 0.881. The molecule has 0 fully saturated rings. The Kier molecular flexibility index (Phi) is 2.33. The normalized spacial score (nSPS) is 10.9. The lowest BCUT2D eigenvalue weighted by Crippen LogP contribution is -2.05. The van der Waals surface area contributed by atoms with Gasteiger partial charge in [-0.2, -0.15) is 0 Å². The number of hydrogen-bond donors (Lipinski definition) is 1. The van der Waals surface area contributed by atoms with Crippen LogP contribution < -0.4 is 5.32 Å². The van der Waals surface area contributed by atoms with E-state index in [2.05, 4.69) is 44.6 Å². The standard InChI is InChI=1S/C9H10BrN3/c1-11-4-7-2-3-8-9(10)12-6-13(8)5-7/h2-3,5-6,11H,4H2,1H3. The molecule has 0 spiro atoms. The summed E-state index contributed by atoms with van der Waals surface area (Å²) in [6.45, 7) is 0.881. The molecule has 0 bridgehead atoms. The van der Waals surface area contributed by atoms with Gasteiger partial charge in [-0.3, -0.25) is 0 Å². The van der Waals surface area contributed by atoms with E-state index in [1.807, 2.05) is 11.4 Å². The molecule has 0 aromatic carbocycles. The molecule has 68 valence electrons. The fourth-order valence-corrected chi connectivity index (χ4v) is 1.75. The molecular weight excluding hydrogens is 230 g/mol. The van der Waals surface area contributed by atoms with Gasteiger partial charge in [0.05, 0.1) is 5.52 Å². The van der Waals surface area contributed by atoms with Crippen molar-refractivity contribution in [3.63, 3.8) is 0 Å². The van der Waals surface area contributed by atoms with Crippen LogP contribution in [-0.4, -0.2) is 16.4 Å². The van der Waals surface area contributed by atoms with Gasteiger partial charge in [-0.05, 0) is 34.6 Å². The van der Waals surface area contributed by atoms with E-state index in [0.717, 1.165) is 16.7 Å². The van der Waals surface area contributed by atoms with E-state index >= 15 is 0 Å². The van der Waals surface area contributed by atoms with Crippen LogP contribution in [0.15, 0.2) is 29.3 Å². The zero-order valence-corrected chi connectivity index (χ0v) is 8.87. The summed E-state index contributed by atoms with van der Waals surface area (Å²) in [5.41, 5.74) is 2.35. The van der Waals surface area contributed by atoms with Gasteiger partial charge in [0.2, 0.25) is 0 Å². The van der Waals surface area contributed by atoms with Crippen molar-refractivity contribution in [3.05, 3.63) is 34.8 Å². The minimum Gasteiger partial charge on any atom is -0.316 e. The van der Waals surface area contributed by atoms with Crippen LogP contribution in [0.3, 0.4) is 0 Å². The topological polar surface area (TPSA) is 29.3 Å². The smallest absolute Gasteiger partial charge is 0.131 e. The monoisotopic (exact) mass is 239 g/mol. The van der Waals surface area contributed by atoms with Gasteiger partial charge in [-0.15, -0.1) is 0 Å². The minimum atomic E-state index is 0.881. The predicted molar refractivity (Wildman–Crippen MR) is 55.7 cm³/mol. The average Bonchev–Trinajstić information content (AvgIpc) is 2.48. The molecule has 4 heteroatoms. The maximum atomic E-state index is 4.16. The van der Waals surface area contributed by atoms with E-state index < -0.39 is 0 Å². The summed E-state index contributed by atoms with van der Waals surface area (Å²) in [6, 6.07) is 4.15. The largest absolute Gasteiger partial charge is 0.316 e. The average molecular weight is 240 g/mol. The van der Waals surface area contributed by atoms with Gasteiger partial charge in [0.1, 0.15) is 10.9 Å². The zero-order chi connectivity index (χ0) is 9.26. The van der Waals surface area contributed by atoms with Crippen LogP contribution in [0.5, 0.6) is 0 Å². The van der Waals surface area contributed by atoms with E-state index in [9.17, 15) is 0 Å². The van der Waals surface area contributed by atoms with Gasteiger partial charge in [0.25, 0.3) is 0 Å². The summed E-state index contributed by atoms with van der Waals surface area (Å²) in [5, 5.41) is 3.11. The summed E-state index contributed by atoms with van der Waals surface area (Å²) in [6.07, 6.45) is 3.88. The highest BCUT2D eigenvalue weighted by Gasteiger charge is 2.00. The maximum absolute atomic E-state index is 4.16. The highest BCUT2D eigenvalue weighted by Crippen LogP contribution is 2.16. The molecule has 2 aromatic heterocycles. The lowest BCUT2D eigenvalue weighted by molar-refractivity contribution is 0.811. The molecule has 13 heavy (non-hydrogen) atoms. The Bertz CT molecular complexity index is 422. The molecule has 2 heterocycles. The predicted octanol–water partition coefficient (Wildman–Crippen LogP) is 1.82. The Morgan fingerprint density at radius 1 is 1.54 bits per heavy atom.